The summed E-state index contributed by atoms with van der Waals surface area (Å²) in [4.78, 5) is 23.0. The standard InChI is InChI=1S/C19H16O6/c1-11-4-3-5-15(12(11)2)25-17-9-24-16-8-13(23-10-18(20)21)6-7-14(16)19(17)22/h3-9H,10H2,1-2H3,(H,20,21)/p-1. The van der Waals surface area contributed by atoms with Crippen LogP contribution in [0.15, 0.2) is 51.9 Å². The Kier molecular flexibility index (Phi) is 4.43. The molecular formula is C19H15O6-. The number of rotatable bonds is 5. The van der Waals surface area contributed by atoms with Crippen molar-refractivity contribution in [2.75, 3.05) is 6.61 Å². The highest BCUT2D eigenvalue weighted by Crippen LogP contribution is 2.27. The van der Waals surface area contributed by atoms with Crippen molar-refractivity contribution in [2.45, 2.75) is 13.8 Å². The lowest BCUT2D eigenvalue weighted by molar-refractivity contribution is -0.307. The molecule has 0 saturated heterocycles. The molecule has 0 aliphatic heterocycles. The van der Waals surface area contributed by atoms with Gasteiger partial charge in [0, 0.05) is 6.07 Å². The lowest BCUT2D eigenvalue weighted by Crippen LogP contribution is -2.28. The van der Waals surface area contributed by atoms with Crippen LogP contribution in [0.5, 0.6) is 17.2 Å². The van der Waals surface area contributed by atoms with E-state index in [4.69, 9.17) is 13.9 Å². The van der Waals surface area contributed by atoms with Gasteiger partial charge in [0.25, 0.3) is 0 Å². The summed E-state index contributed by atoms with van der Waals surface area (Å²) >= 11 is 0. The number of ether oxygens (including phenoxy) is 2. The molecule has 0 bridgehead atoms. The minimum atomic E-state index is -1.33. The van der Waals surface area contributed by atoms with Gasteiger partial charge in [0.1, 0.15) is 30.0 Å². The van der Waals surface area contributed by atoms with Crippen LogP contribution in [0.2, 0.25) is 0 Å². The Morgan fingerprint density at radius 2 is 1.96 bits per heavy atom. The summed E-state index contributed by atoms with van der Waals surface area (Å²) in [6.07, 6.45) is 1.23. The van der Waals surface area contributed by atoms with E-state index >= 15 is 0 Å². The molecule has 0 unspecified atom stereocenters. The molecule has 0 spiro atoms. The highest BCUT2D eigenvalue weighted by Gasteiger charge is 2.12. The lowest BCUT2D eigenvalue weighted by Gasteiger charge is -2.10. The molecule has 2 aromatic carbocycles. The fraction of sp³-hybridized carbons (Fsp3) is 0.158. The number of carboxylic acid groups (broad SMARTS) is 1. The van der Waals surface area contributed by atoms with Crippen molar-refractivity contribution in [3.8, 4) is 17.2 Å². The number of aryl methyl sites for hydroxylation is 1. The third kappa shape index (κ3) is 3.47. The second-order valence-corrected chi connectivity index (χ2v) is 5.55. The second kappa shape index (κ2) is 6.68. The maximum Gasteiger partial charge on any atom is 0.235 e. The van der Waals surface area contributed by atoms with E-state index in [1.807, 2.05) is 26.0 Å². The molecule has 128 valence electrons. The van der Waals surface area contributed by atoms with Gasteiger partial charge in [-0.05, 0) is 43.2 Å². The van der Waals surface area contributed by atoms with Crippen LogP contribution in [0.4, 0.5) is 0 Å². The molecule has 25 heavy (non-hydrogen) atoms. The topological polar surface area (TPSA) is 88.8 Å². The Labute approximate surface area is 143 Å². The highest BCUT2D eigenvalue weighted by atomic mass is 16.5. The molecule has 1 heterocycles. The number of carbonyl (C=O) groups is 1. The zero-order valence-corrected chi connectivity index (χ0v) is 13.7. The molecule has 3 rings (SSSR count). The van der Waals surface area contributed by atoms with Crippen molar-refractivity contribution in [2.24, 2.45) is 0 Å². The minimum Gasteiger partial charge on any atom is -0.546 e. The molecule has 0 saturated carbocycles. The Morgan fingerprint density at radius 3 is 2.72 bits per heavy atom. The lowest BCUT2D eigenvalue weighted by atomic mass is 10.1. The third-order valence-electron chi connectivity index (χ3n) is 3.85. The largest absolute Gasteiger partial charge is 0.546 e. The summed E-state index contributed by atoms with van der Waals surface area (Å²) in [5.41, 5.74) is 1.94. The van der Waals surface area contributed by atoms with Crippen LogP contribution >= 0.6 is 0 Å². The van der Waals surface area contributed by atoms with E-state index in [-0.39, 0.29) is 22.5 Å². The molecule has 0 aliphatic carbocycles. The second-order valence-electron chi connectivity index (χ2n) is 5.55. The number of hydrogen-bond acceptors (Lipinski definition) is 6. The summed E-state index contributed by atoms with van der Waals surface area (Å²) in [5.74, 6) is -0.410. The summed E-state index contributed by atoms with van der Waals surface area (Å²) in [6, 6.07) is 10.0. The van der Waals surface area contributed by atoms with Gasteiger partial charge in [-0.25, -0.2) is 0 Å². The first-order valence-corrected chi connectivity index (χ1v) is 7.58. The number of carboxylic acids is 1. The average molecular weight is 339 g/mol. The third-order valence-corrected chi connectivity index (χ3v) is 3.85. The van der Waals surface area contributed by atoms with E-state index in [0.29, 0.717) is 11.1 Å². The van der Waals surface area contributed by atoms with E-state index in [2.05, 4.69) is 0 Å². The van der Waals surface area contributed by atoms with Crippen LogP contribution in [0.3, 0.4) is 0 Å². The predicted molar refractivity (Wildman–Crippen MR) is 89.0 cm³/mol. The van der Waals surface area contributed by atoms with Crippen LogP contribution in [0.1, 0.15) is 11.1 Å². The Balaban J connectivity index is 1.94. The first kappa shape index (κ1) is 16.6. The van der Waals surface area contributed by atoms with Crippen LogP contribution in [0, 0.1) is 13.8 Å². The van der Waals surface area contributed by atoms with Crippen LogP contribution in [-0.2, 0) is 4.79 Å². The molecule has 6 nitrogen and oxygen atoms in total. The van der Waals surface area contributed by atoms with Crippen LogP contribution in [0.25, 0.3) is 11.0 Å². The summed E-state index contributed by atoms with van der Waals surface area (Å²) in [7, 11) is 0. The summed E-state index contributed by atoms with van der Waals surface area (Å²) in [6.45, 7) is 3.29. The van der Waals surface area contributed by atoms with E-state index in [1.165, 1.54) is 24.5 Å². The molecule has 0 aliphatic rings. The molecule has 0 radical (unpaired) electrons. The predicted octanol–water partition coefficient (Wildman–Crippen LogP) is 2.33. The van der Waals surface area contributed by atoms with E-state index in [0.717, 1.165) is 11.1 Å². The summed E-state index contributed by atoms with van der Waals surface area (Å²) < 4.78 is 16.2. The number of aliphatic carboxylic acids is 1. The number of fused-ring (bicyclic) bond motifs is 1. The van der Waals surface area contributed by atoms with Gasteiger partial charge in [-0.15, -0.1) is 0 Å². The summed E-state index contributed by atoms with van der Waals surface area (Å²) in [5, 5.41) is 10.7. The van der Waals surface area contributed by atoms with E-state index < -0.39 is 12.6 Å². The molecule has 6 heteroatoms. The van der Waals surface area contributed by atoms with Gasteiger partial charge >= 0.3 is 0 Å². The maximum atomic E-state index is 12.6. The molecule has 0 atom stereocenters. The molecule has 1 aromatic heterocycles. The molecule has 0 amide bonds. The van der Waals surface area contributed by atoms with Gasteiger partial charge < -0.3 is 23.8 Å². The fourth-order valence-electron chi connectivity index (χ4n) is 2.35. The van der Waals surface area contributed by atoms with Gasteiger partial charge in [0.05, 0.1) is 11.4 Å². The van der Waals surface area contributed by atoms with E-state index in [1.54, 1.807) is 6.07 Å². The molecule has 0 N–H and O–H groups in total. The van der Waals surface area contributed by atoms with Crippen molar-refractivity contribution in [1.82, 2.24) is 0 Å². The zero-order chi connectivity index (χ0) is 18.0. The quantitative estimate of drug-likeness (QED) is 0.709. The SMILES string of the molecule is Cc1cccc(Oc2coc3cc(OCC(=O)[O-])ccc3c2=O)c1C. The maximum absolute atomic E-state index is 12.6. The van der Waals surface area contributed by atoms with Crippen LogP contribution in [-0.4, -0.2) is 12.6 Å². The van der Waals surface area contributed by atoms with E-state index in [9.17, 15) is 14.7 Å². The average Bonchev–Trinajstić information content (AvgIpc) is 2.59. The smallest absolute Gasteiger partial charge is 0.235 e. The van der Waals surface area contributed by atoms with Gasteiger partial charge in [-0.2, -0.15) is 0 Å². The number of carbonyl (C=O) groups excluding carboxylic acids is 1. The fourth-order valence-corrected chi connectivity index (χ4v) is 2.35. The normalized spacial score (nSPS) is 10.6. The Morgan fingerprint density at radius 1 is 1.16 bits per heavy atom. The van der Waals surface area contributed by atoms with Gasteiger partial charge in [-0.3, -0.25) is 4.79 Å². The Bertz CT molecular complexity index is 1000. The van der Waals surface area contributed by atoms with Gasteiger partial charge in [0.2, 0.25) is 11.2 Å². The first-order chi connectivity index (χ1) is 12.0. The Hall–Kier alpha value is -3.28. The molecular weight excluding hydrogens is 324 g/mol. The number of benzene rings is 2. The van der Waals surface area contributed by atoms with Gasteiger partial charge in [0.15, 0.2) is 0 Å². The van der Waals surface area contributed by atoms with Crippen molar-refractivity contribution in [3.05, 3.63) is 64.0 Å². The molecule has 0 fully saturated rings. The van der Waals surface area contributed by atoms with Crippen molar-refractivity contribution in [1.29, 1.82) is 0 Å². The first-order valence-electron chi connectivity index (χ1n) is 7.58. The minimum absolute atomic E-state index is 0.0737. The van der Waals surface area contributed by atoms with Crippen molar-refractivity contribution < 1.29 is 23.8 Å². The van der Waals surface area contributed by atoms with Crippen molar-refractivity contribution in [3.63, 3.8) is 0 Å². The van der Waals surface area contributed by atoms with Gasteiger partial charge in [-0.1, -0.05) is 12.1 Å². The van der Waals surface area contributed by atoms with Crippen LogP contribution < -0.4 is 20.0 Å². The number of hydrogen-bond donors (Lipinski definition) is 0. The monoisotopic (exact) mass is 339 g/mol. The molecule has 3 aromatic rings. The van der Waals surface area contributed by atoms with Crippen molar-refractivity contribution >= 4 is 16.9 Å². The highest BCUT2D eigenvalue weighted by molar-refractivity contribution is 5.79. The zero-order valence-electron chi connectivity index (χ0n) is 13.7.